The quantitative estimate of drug-likeness (QED) is 0.220. The molecular formula is C21H33F5IN5. The van der Waals surface area contributed by atoms with Crippen LogP contribution in [-0.4, -0.2) is 87.2 Å². The number of likely N-dealkylation sites (N-methyl/N-ethyl adjacent to an activating group) is 1. The number of hydrogen-bond donors (Lipinski definition) is 1. The highest BCUT2D eigenvalue weighted by Crippen LogP contribution is 2.25. The number of rotatable bonds is 8. The SMILES string of the molecule is CCN(CC1CCN(C(=NC)NCC(c2c(F)cccc2F)N(C)C)C1)CC(F)(F)F.I. The fourth-order valence-corrected chi connectivity index (χ4v) is 3.99. The summed E-state index contributed by atoms with van der Waals surface area (Å²) in [6.45, 7) is 2.98. The predicted octanol–water partition coefficient (Wildman–Crippen LogP) is 3.97. The van der Waals surface area contributed by atoms with Crippen molar-refractivity contribution >= 4 is 29.9 Å². The number of hydrogen-bond acceptors (Lipinski definition) is 3. The van der Waals surface area contributed by atoms with Crippen molar-refractivity contribution in [2.45, 2.75) is 25.6 Å². The van der Waals surface area contributed by atoms with Gasteiger partial charge in [-0.2, -0.15) is 13.2 Å². The molecule has 0 bridgehead atoms. The minimum atomic E-state index is -4.21. The number of benzene rings is 1. The molecule has 1 heterocycles. The molecule has 2 atom stereocenters. The average molecular weight is 577 g/mol. The molecule has 1 aromatic rings. The Morgan fingerprint density at radius 3 is 2.38 bits per heavy atom. The number of guanidine groups is 1. The van der Waals surface area contributed by atoms with Crippen LogP contribution in [0.25, 0.3) is 0 Å². The van der Waals surface area contributed by atoms with Crippen LogP contribution in [0.3, 0.4) is 0 Å². The summed E-state index contributed by atoms with van der Waals surface area (Å²) in [5.41, 5.74) is -0.0134. The average Bonchev–Trinajstić information content (AvgIpc) is 3.13. The smallest absolute Gasteiger partial charge is 0.354 e. The summed E-state index contributed by atoms with van der Waals surface area (Å²) in [5, 5.41) is 3.18. The van der Waals surface area contributed by atoms with Gasteiger partial charge in [0, 0.05) is 38.8 Å². The number of nitrogens with one attached hydrogen (secondary N) is 1. The second kappa shape index (κ2) is 12.9. The molecular weight excluding hydrogens is 544 g/mol. The Morgan fingerprint density at radius 2 is 1.88 bits per heavy atom. The van der Waals surface area contributed by atoms with Gasteiger partial charge in [-0.3, -0.25) is 9.89 Å². The zero-order valence-corrected chi connectivity index (χ0v) is 21.3. The number of alkyl halides is 3. The van der Waals surface area contributed by atoms with Crippen LogP contribution in [0.4, 0.5) is 22.0 Å². The van der Waals surface area contributed by atoms with E-state index in [0.717, 1.165) is 6.42 Å². The Bertz CT molecular complexity index is 724. The van der Waals surface area contributed by atoms with E-state index in [2.05, 4.69) is 10.3 Å². The van der Waals surface area contributed by atoms with Crippen molar-refractivity contribution in [2.75, 3.05) is 60.4 Å². The third kappa shape index (κ3) is 8.29. The summed E-state index contributed by atoms with van der Waals surface area (Å²) in [6, 6.07) is 3.24. The Hall–Kier alpha value is -1.21. The van der Waals surface area contributed by atoms with Crippen molar-refractivity contribution in [3.63, 3.8) is 0 Å². The maximum atomic E-state index is 14.3. The van der Waals surface area contributed by atoms with Gasteiger partial charge in [0.05, 0.1) is 12.6 Å². The highest BCUT2D eigenvalue weighted by molar-refractivity contribution is 14.0. The Balaban J connectivity index is 0.00000512. The topological polar surface area (TPSA) is 34.1 Å². The lowest BCUT2D eigenvalue weighted by Gasteiger charge is -2.29. The molecule has 0 spiro atoms. The van der Waals surface area contributed by atoms with E-state index in [-0.39, 0.29) is 42.0 Å². The molecule has 0 radical (unpaired) electrons. The van der Waals surface area contributed by atoms with Crippen LogP contribution < -0.4 is 5.32 Å². The first kappa shape index (κ1) is 28.8. The van der Waals surface area contributed by atoms with E-state index in [1.807, 2.05) is 4.90 Å². The van der Waals surface area contributed by atoms with Gasteiger partial charge >= 0.3 is 6.18 Å². The molecule has 2 unspecified atom stereocenters. The predicted molar refractivity (Wildman–Crippen MR) is 127 cm³/mol. The van der Waals surface area contributed by atoms with Gasteiger partial charge in [-0.15, -0.1) is 24.0 Å². The molecule has 1 N–H and O–H groups in total. The highest BCUT2D eigenvalue weighted by Gasteiger charge is 2.33. The molecule has 2 rings (SSSR count). The van der Waals surface area contributed by atoms with Gasteiger partial charge in [-0.05, 0) is 45.1 Å². The van der Waals surface area contributed by atoms with Crippen molar-refractivity contribution in [3.05, 3.63) is 35.4 Å². The molecule has 32 heavy (non-hydrogen) atoms. The van der Waals surface area contributed by atoms with E-state index >= 15 is 0 Å². The Labute approximate surface area is 204 Å². The van der Waals surface area contributed by atoms with Crippen LogP contribution in [-0.2, 0) is 0 Å². The van der Waals surface area contributed by atoms with E-state index in [9.17, 15) is 22.0 Å². The summed E-state index contributed by atoms with van der Waals surface area (Å²) < 4.78 is 66.7. The van der Waals surface area contributed by atoms with Crippen molar-refractivity contribution in [3.8, 4) is 0 Å². The first-order valence-electron chi connectivity index (χ1n) is 10.4. The summed E-state index contributed by atoms with van der Waals surface area (Å²) in [5.74, 6) is -0.554. The number of likely N-dealkylation sites (tertiary alicyclic amines) is 1. The number of aliphatic imine (C=N–C) groups is 1. The van der Waals surface area contributed by atoms with Gasteiger partial charge in [0.2, 0.25) is 0 Å². The molecule has 0 saturated carbocycles. The van der Waals surface area contributed by atoms with Crippen molar-refractivity contribution < 1.29 is 22.0 Å². The van der Waals surface area contributed by atoms with Crippen LogP contribution in [0.5, 0.6) is 0 Å². The Kier molecular flexibility index (Phi) is 11.6. The molecule has 1 aliphatic rings. The van der Waals surface area contributed by atoms with Gasteiger partial charge in [0.25, 0.3) is 0 Å². The zero-order chi connectivity index (χ0) is 23.2. The molecule has 11 heteroatoms. The number of nitrogens with zero attached hydrogens (tertiary/aromatic N) is 4. The molecule has 1 saturated heterocycles. The minimum Gasteiger partial charge on any atom is -0.354 e. The lowest BCUT2D eigenvalue weighted by atomic mass is 10.0. The van der Waals surface area contributed by atoms with E-state index in [1.54, 1.807) is 33.0 Å². The first-order valence-corrected chi connectivity index (χ1v) is 10.4. The minimum absolute atomic E-state index is 0. The Morgan fingerprint density at radius 1 is 1.25 bits per heavy atom. The molecule has 0 aromatic heterocycles. The molecule has 0 aliphatic carbocycles. The fourth-order valence-electron chi connectivity index (χ4n) is 3.99. The van der Waals surface area contributed by atoms with E-state index < -0.39 is 30.4 Å². The third-order valence-electron chi connectivity index (χ3n) is 5.57. The zero-order valence-electron chi connectivity index (χ0n) is 18.9. The summed E-state index contributed by atoms with van der Waals surface area (Å²) in [7, 11) is 5.10. The molecule has 1 aliphatic heterocycles. The standard InChI is InChI=1S/C21H32F5N5.HI/c1-5-30(14-21(24,25)26)12-15-9-10-31(13-15)20(27-2)28-11-18(29(3)4)19-16(22)7-6-8-17(19)23;/h6-8,15,18H,5,9-14H2,1-4H3,(H,27,28);1H. The van der Waals surface area contributed by atoms with E-state index in [1.165, 1.54) is 23.1 Å². The second-order valence-electron chi connectivity index (χ2n) is 8.09. The first-order chi connectivity index (χ1) is 14.6. The van der Waals surface area contributed by atoms with Crippen LogP contribution >= 0.6 is 24.0 Å². The van der Waals surface area contributed by atoms with Gasteiger partial charge in [0.15, 0.2) is 5.96 Å². The van der Waals surface area contributed by atoms with Crippen molar-refractivity contribution in [1.82, 2.24) is 20.0 Å². The number of halogens is 6. The van der Waals surface area contributed by atoms with Gasteiger partial charge in [-0.1, -0.05) is 13.0 Å². The summed E-state index contributed by atoms with van der Waals surface area (Å²) >= 11 is 0. The summed E-state index contributed by atoms with van der Waals surface area (Å²) in [6.07, 6.45) is -3.46. The maximum Gasteiger partial charge on any atom is 0.401 e. The van der Waals surface area contributed by atoms with Crippen molar-refractivity contribution in [1.29, 1.82) is 0 Å². The highest BCUT2D eigenvalue weighted by atomic mass is 127. The monoisotopic (exact) mass is 577 g/mol. The molecule has 1 aromatic carbocycles. The van der Waals surface area contributed by atoms with Crippen molar-refractivity contribution in [2.24, 2.45) is 10.9 Å². The fraction of sp³-hybridized carbons (Fsp3) is 0.667. The lowest BCUT2D eigenvalue weighted by Crippen LogP contribution is -2.44. The van der Waals surface area contributed by atoms with E-state index in [0.29, 0.717) is 32.1 Å². The maximum absolute atomic E-state index is 14.3. The van der Waals surface area contributed by atoms with E-state index in [4.69, 9.17) is 0 Å². The lowest BCUT2D eigenvalue weighted by molar-refractivity contribution is -0.146. The molecule has 5 nitrogen and oxygen atoms in total. The summed E-state index contributed by atoms with van der Waals surface area (Å²) in [4.78, 5) is 9.38. The van der Waals surface area contributed by atoms with Gasteiger partial charge in [0.1, 0.15) is 11.6 Å². The normalized spacial score (nSPS) is 18.3. The van der Waals surface area contributed by atoms with Crippen LogP contribution in [0.1, 0.15) is 24.9 Å². The van der Waals surface area contributed by atoms with Gasteiger partial charge in [-0.25, -0.2) is 8.78 Å². The van der Waals surface area contributed by atoms with Crippen LogP contribution in [0.2, 0.25) is 0 Å². The largest absolute Gasteiger partial charge is 0.401 e. The third-order valence-corrected chi connectivity index (χ3v) is 5.57. The van der Waals surface area contributed by atoms with Crippen LogP contribution in [0.15, 0.2) is 23.2 Å². The molecule has 1 fully saturated rings. The second-order valence-corrected chi connectivity index (χ2v) is 8.09. The van der Waals surface area contributed by atoms with Crippen LogP contribution in [0, 0.1) is 17.6 Å². The van der Waals surface area contributed by atoms with Gasteiger partial charge < -0.3 is 15.1 Å². The molecule has 184 valence electrons. The molecule has 0 amide bonds.